The summed E-state index contributed by atoms with van der Waals surface area (Å²) in [6.07, 6.45) is 28.1. The fraction of sp³-hybridized carbons (Fsp3) is 0.486. The van der Waals surface area contributed by atoms with Crippen LogP contribution in [0, 0.1) is 0 Å². The van der Waals surface area contributed by atoms with E-state index in [1.54, 1.807) is 6.20 Å². The molecule has 2 aromatic carbocycles. The molecule has 0 atom stereocenters. The Morgan fingerprint density at radius 3 is 1.74 bits per heavy atom. The van der Waals surface area contributed by atoms with Gasteiger partial charge in [0.05, 0.1) is 12.7 Å². The van der Waals surface area contributed by atoms with Gasteiger partial charge in [-0.1, -0.05) is 126 Å². The maximum absolute atomic E-state index is 10.7. The van der Waals surface area contributed by atoms with Gasteiger partial charge < -0.3 is 4.42 Å². The van der Waals surface area contributed by atoms with E-state index in [0.717, 1.165) is 30.0 Å². The fourth-order valence-corrected chi connectivity index (χ4v) is 5.26. The summed E-state index contributed by atoms with van der Waals surface area (Å²) < 4.78 is 69.8. The second-order valence-electron chi connectivity index (χ2n) is 12.0. The summed E-state index contributed by atoms with van der Waals surface area (Å²) in [7, 11) is -10.7. The van der Waals surface area contributed by atoms with E-state index in [4.69, 9.17) is 4.42 Å². The van der Waals surface area contributed by atoms with Crippen LogP contribution in [0.15, 0.2) is 83.9 Å². The third-order valence-corrected chi connectivity index (χ3v) is 7.65. The Morgan fingerprint density at radius 2 is 1.20 bits per heavy atom. The predicted molar refractivity (Wildman–Crippen MR) is 175 cm³/mol. The van der Waals surface area contributed by atoms with Gasteiger partial charge in [-0.05, 0) is 30.5 Å². The van der Waals surface area contributed by atoms with Gasteiger partial charge >= 0.3 is 33.0 Å². The molecule has 256 valence electrons. The number of benzene rings is 2. The molecule has 0 aliphatic heterocycles. The van der Waals surface area contributed by atoms with Crippen molar-refractivity contribution in [1.29, 1.82) is 0 Å². The molecule has 0 saturated heterocycles. The maximum atomic E-state index is 9.87. The van der Waals surface area contributed by atoms with E-state index in [9.17, 15) is 25.2 Å². The molecule has 4 aromatic rings. The molecule has 0 N–H and O–H groups in total. The van der Waals surface area contributed by atoms with E-state index >= 15 is 0 Å². The van der Waals surface area contributed by atoms with E-state index in [1.807, 2.05) is 30.3 Å². The SMILES string of the molecule is CCCCCCCCCCCCCCCCn1cc[n+](Cc2ccc(-c3ncc(-c4ccccc4)o3)cc2)c1.F[P-](F)(F)(F)(F)F. The van der Waals surface area contributed by atoms with Gasteiger partial charge in [-0.25, -0.2) is 14.1 Å². The molecule has 0 bridgehead atoms. The van der Waals surface area contributed by atoms with Gasteiger partial charge in [0.1, 0.15) is 18.9 Å². The summed E-state index contributed by atoms with van der Waals surface area (Å²) in [4.78, 5) is 4.48. The molecule has 0 aliphatic carbocycles. The van der Waals surface area contributed by atoms with Crippen molar-refractivity contribution < 1.29 is 34.2 Å². The van der Waals surface area contributed by atoms with Crippen molar-refractivity contribution in [1.82, 2.24) is 9.55 Å². The molecule has 11 heteroatoms. The molecule has 0 aliphatic rings. The van der Waals surface area contributed by atoms with Crippen molar-refractivity contribution in [3.63, 3.8) is 0 Å². The zero-order chi connectivity index (χ0) is 33.4. The Balaban J connectivity index is 0.000000738. The zero-order valence-electron chi connectivity index (χ0n) is 26.8. The first kappa shape index (κ1) is 37.3. The molecule has 46 heavy (non-hydrogen) atoms. The minimum absolute atomic E-state index is 0.660. The van der Waals surface area contributed by atoms with E-state index < -0.39 is 7.81 Å². The van der Waals surface area contributed by atoms with Gasteiger partial charge in [-0.15, -0.1) is 0 Å². The minimum atomic E-state index is -10.7. The summed E-state index contributed by atoms with van der Waals surface area (Å²) >= 11 is 0. The van der Waals surface area contributed by atoms with Crippen molar-refractivity contribution in [2.24, 2.45) is 0 Å². The molecular weight excluding hydrogens is 623 g/mol. The summed E-state index contributed by atoms with van der Waals surface area (Å²) in [5, 5.41) is 0. The second kappa shape index (κ2) is 17.1. The van der Waals surface area contributed by atoms with E-state index in [2.05, 4.69) is 64.0 Å². The Bertz CT molecular complexity index is 1390. The molecule has 0 unspecified atom stereocenters. The molecule has 4 rings (SSSR count). The summed E-state index contributed by atoms with van der Waals surface area (Å²) in [6.45, 7) is 4.27. The number of nitrogens with zero attached hydrogens (tertiary/aromatic N) is 3. The molecule has 2 aromatic heterocycles. The third-order valence-electron chi connectivity index (χ3n) is 7.65. The van der Waals surface area contributed by atoms with Crippen LogP contribution in [0.3, 0.4) is 0 Å². The average Bonchev–Trinajstić information content (AvgIpc) is 3.67. The Morgan fingerprint density at radius 1 is 0.674 bits per heavy atom. The average molecular weight is 672 g/mol. The quantitative estimate of drug-likeness (QED) is 0.0430. The summed E-state index contributed by atoms with van der Waals surface area (Å²) in [5.41, 5.74) is 3.32. The third kappa shape index (κ3) is 17.5. The first-order chi connectivity index (χ1) is 21.8. The number of aryl methyl sites for hydroxylation is 1. The Hall–Kier alpha value is -3.13. The van der Waals surface area contributed by atoms with E-state index in [1.165, 1.54) is 95.5 Å². The van der Waals surface area contributed by atoms with Gasteiger partial charge in [0.2, 0.25) is 12.2 Å². The van der Waals surface area contributed by atoms with Crippen molar-refractivity contribution >= 4 is 7.81 Å². The predicted octanol–water partition coefficient (Wildman–Crippen LogP) is 13.0. The molecule has 0 radical (unpaired) electrons. The van der Waals surface area contributed by atoms with Crippen LogP contribution in [0.25, 0.3) is 22.8 Å². The fourth-order valence-electron chi connectivity index (χ4n) is 5.26. The normalized spacial score (nSPS) is 13.1. The number of halogens is 6. The number of hydrogen-bond donors (Lipinski definition) is 0. The van der Waals surface area contributed by atoms with E-state index in [0.29, 0.717) is 5.89 Å². The monoisotopic (exact) mass is 671 g/mol. The van der Waals surface area contributed by atoms with Crippen molar-refractivity contribution in [2.45, 2.75) is 110 Å². The topological polar surface area (TPSA) is 34.8 Å². The molecular formula is C35H48F6N3OP. The molecule has 0 amide bonds. The molecule has 0 saturated carbocycles. The van der Waals surface area contributed by atoms with Crippen LogP contribution in [0.5, 0.6) is 0 Å². The molecule has 4 nitrogen and oxygen atoms in total. The molecule has 2 heterocycles. The Kier molecular flexibility index (Phi) is 13.9. The van der Waals surface area contributed by atoms with Gasteiger partial charge in [0, 0.05) is 11.1 Å². The van der Waals surface area contributed by atoms with Crippen LogP contribution in [-0.4, -0.2) is 9.55 Å². The number of unbranched alkanes of at least 4 members (excludes halogenated alkanes) is 13. The van der Waals surface area contributed by atoms with Crippen LogP contribution < -0.4 is 4.57 Å². The number of hydrogen-bond acceptors (Lipinski definition) is 2. The number of rotatable bonds is 19. The van der Waals surface area contributed by atoms with Crippen molar-refractivity contribution in [3.05, 3.63) is 85.1 Å². The van der Waals surface area contributed by atoms with Crippen molar-refractivity contribution in [2.75, 3.05) is 0 Å². The van der Waals surface area contributed by atoms with E-state index in [-0.39, 0.29) is 0 Å². The zero-order valence-corrected chi connectivity index (χ0v) is 27.7. The number of imidazole rings is 1. The van der Waals surface area contributed by atoms with Crippen LogP contribution >= 0.6 is 7.81 Å². The van der Waals surface area contributed by atoms with Gasteiger partial charge in [0.15, 0.2) is 5.76 Å². The van der Waals surface area contributed by atoms with Crippen LogP contribution in [0.2, 0.25) is 0 Å². The van der Waals surface area contributed by atoms with Crippen molar-refractivity contribution in [3.8, 4) is 22.8 Å². The molecule has 0 fully saturated rings. The van der Waals surface area contributed by atoms with Crippen LogP contribution in [0.4, 0.5) is 25.2 Å². The van der Waals surface area contributed by atoms with Crippen LogP contribution in [0.1, 0.15) is 102 Å². The Labute approximate surface area is 269 Å². The van der Waals surface area contributed by atoms with Gasteiger partial charge in [0.25, 0.3) is 0 Å². The number of oxazole rings is 1. The first-order valence-electron chi connectivity index (χ1n) is 16.5. The first-order valence-corrected chi connectivity index (χ1v) is 18.5. The van der Waals surface area contributed by atoms with Crippen LogP contribution in [-0.2, 0) is 13.1 Å². The van der Waals surface area contributed by atoms with Gasteiger partial charge in [-0.2, -0.15) is 0 Å². The summed E-state index contributed by atoms with van der Waals surface area (Å²) in [5.74, 6) is 1.46. The standard InChI is InChI=1S/C35H48N3O.F6P/c1-2-3-4-5-6-7-8-9-10-11-12-13-14-18-25-37-26-27-38(30-37)29-31-21-23-33(24-22-31)35-36-28-34(39-35)32-19-16-15-17-20-32;1-7(2,3,4,5)6/h15-17,19-24,26-28,30H,2-14,18,25,29H2,1H3;/q+1;-1. The number of aromatic nitrogens is 3. The second-order valence-corrected chi connectivity index (χ2v) is 13.9. The summed E-state index contributed by atoms with van der Waals surface area (Å²) in [6, 6.07) is 18.6. The molecule has 0 spiro atoms. The van der Waals surface area contributed by atoms with Gasteiger partial charge in [-0.3, -0.25) is 0 Å².